The van der Waals surface area contributed by atoms with E-state index in [9.17, 15) is 0 Å². The minimum Gasteiger partial charge on any atom is -0.324 e. The highest BCUT2D eigenvalue weighted by molar-refractivity contribution is 8.07. The smallest absolute Gasteiger partial charge is 0.324 e. The summed E-state index contributed by atoms with van der Waals surface area (Å²) in [6.07, 6.45) is 0. The summed E-state index contributed by atoms with van der Waals surface area (Å²) in [5.74, 6) is 0.534. The molecular weight excluding hydrogens is 191 g/mol. The van der Waals surface area contributed by atoms with E-state index in [4.69, 9.17) is 13.9 Å². The first-order chi connectivity index (χ1) is 4.62. The summed E-state index contributed by atoms with van der Waals surface area (Å²) in [5.41, 5.74) is 0. The van der Waals surface area contributed by atoms with Crippen molar-refractivity contribution in [2.45, 2.75) is 6.92 Å². The van der Waals surface area contributed by atoms with Gasteiger partial charge < -0.3 is 13.9 Å². The molecule has 0 aromatic carbocycles. The van der Waals surface area contributed by atoms with E-state index in [1.54, 1.807) is 6.92 Å². The molecule has 0 aromatic rings. The van der Waals surface area contributed by atoms with Gasteiger partial charge in [0.15, 0.2) is 0 Å². The van der Waals surface area contributed by atoms with Gasteiger partial charge in [-0.1, -0.05) is 0 Å². The van der Waals surface area contributed by atoms with E-state index in [0.29, 0.717) is 19.0 Å². The van der Waals surface area contributed by atoms with Crippen LogP contribution < -0.4 is 0 Å². The average Bonchev–Trinajstić information content (AvgIpc) is 1.84. The fourth-order valence-electron chi connectivity index (χ4n) is 0.357. The maximum Gasteiger partial charge on any atom is 0.324 e. The lowest BCUT2D eigenvalue weighted by molar-refractivity contribution is 0.214. The Balaban J connectivity index is 3.53. The average molecular weight is 202 g/mol. The first-order valence-corrected chi connectivity index (χ1v) is 6.07. The third kappa shape index (κ3) is 5.65. The number of thiol groups is 1. The lowest BCUT2D eigenvalue weighted by Gasteiger charge is -2.12. The highest BCUT2D eigenvalue weighted by Gasteiger charge is 2.11. The van der Waals surface area contributed by atoms with Crippen LogP contribution in [0.15, 0.2) is 0 Å². The fourth-order valence-corrected chi connectivity index (χ4v) is 1.85. The van der Waals surface area contributed by atoms with Crippen LogP contribution in [0.25, 0.3) is 0 Å². The molecule has 0 bridgehead atoms. The molecular formula is C4H11O3PS2. The third-order valence-corrected chi connectivity index (χ3v) is 2.55. The number of rotatable bonds is 5. The van der Waals surface area contributed by atoms with E-state index in [1.807, 2.05) is 0 Å². The van der Waals surface area contributed by atoms with Crippen molar-refractivity contribution in [2.75, 3.05) is 19.0 Å². The van der Waals surface area contributed by atoms with E-state index in [0.717, 1.165) is 0 Å². The van der Waals surface area contributed by atoms with Crippen LogP contribution >= 0.6 is 19.3 Å². The summed E-state index contributed by atoms with van der Waals surface area (Å²) in [6.45, 7) is -0.468. The summed E-state index contributed by atoms with van der Waals surface area (Å²) >= 11 is 8.48. The third-order valence-electron chi connectivity index (χ3n) is 0.638. The topological polar surface area (TPSA) is 38.7 Å². The maximum atomic E-state index is 9.09. The summed E-state index contributed by atoms with van der Waals surface area (Å²) in [7, 11) is 0. The normalized spacial score (nSPS) is 16.7. The maximum absolute atomic E-state index is 9.09. The molecule has 0 aliphatic carbocycles. The molecule has 0 aliphatic heterocycles. The predicted octanol–water partition coefficient (Wildman–Crippen LogP) is 1.19. The number of hydrogen-bond donors (Lipinski definition) is 2. The molecule has 10 heavy (non-hydrogen) atoms. The van der Waals surface area contributed by atoms with E-state index in [1.165, 1.54) is 0 Å². The van der Waals surface area contributed by atoms with E-state index in [-0.39, 0.29) is 0 Å². The van der Waals surface area contributed by atoms with Crippen LogP contribution in [-0.4, -0.2) is 23.9 Å². The van der Waals surface area contributed by atoms with Crippen LogP contribution in [0.4, 0.5) is 0 Å². The van der Waals surface area contributed by atoms with Crippen LogP contribution in [0, 0.1) is 0 Å². The van der Waals surface area contributed by atoms with Crippen molar-refractivity contribution in [2.24, 2.45) is 0 Å². The van der Waals surface area contributed by atoms with Crippen molar-refractivity contribution in [1.29, 1.82) is 0 Å². The standard InChI is InChI=1S/C4H11O3PS2/c1-2-6-8(5,10)7-3-4-9/h9H,2-4H2,1H3,(H,5,10). The molecule has 62 valence electrons. The molecule has 0 aromatic heterocycles. The second-order valence-corrected chi connectivity index (χ2v) is 4.73. The summed E-state index contributed by atoms with van der Waals surface area (Å²) in [4.78, 5) is 9.09. The molecule has 1 unspecified atom stereocenters. The molecule has 0 rings (SSSR count). The highest BCUT2D eigenvalue weighted by Crippen LogP contribution is 2.43. The summed E-state index contributed by atoms with van der Waals surface area (Å²) in [5, 5.41) is 0. The van der Waals surface area contributed by atoms with Gasteiger partial charge in [-0.15, -0.1) is 0 Å². The van der Waals surface area contributed by atoms with Gasteiger partial charge in [-0.05, 0) is 18.7 Å². The molecule has 0 fully saturated rings. The van der Waals surface area contributed by atoms with Gasteiger partial charge in [0.1, 0.15) is 0 Å². The summed E-state index contributed by atoms with van der Waals surface area (Å²) in [6, 6.07) is 0. The van der Waals surface area contributed by atoms with Crippen LogP contribution in [-0.2, 0) is 20.9 Å². The first-order valence-electron chi connectivity index (χ1n) is 2.85. The van der Waals surface area contributed by atoms with Crippen molar-refractivity contribution in [3.05, 3.63) is 0 Å². The van der Waals surface area contributed by atoms with Gasteiger partial charge in [-0.2, -0.15) is 12.6 Å². The van der Waals surface area contributed by atoms with Gasteiger partial charge in [0, 0.05) is 5.75 Å². The van der Waals surface area contributed by atoms with Crippen molar-refractivity contribution < 1.29 is 13.9 Å². The van der Waals surface area contributed by atoms with Gasteiger partial charge in [0.05, 0.1) is 13.2 Å². The minimum atomic E-state index is -2.92. The lowest BCUT2D eigenvalue weighted by Crippen LogP contribution is -1.96. The molecule has 0 amide bonds. The highest BCUT2D eigenvalue weighted by atomic mass is 32.5. The van der Waals surface area contributed by atoms with Gasteiger partial charge in [-0.3, -0.25) is 0 Å². The zero-order chi connectivity index (χ0) is 8.04. The van der Waals surface area contributed by atoms with Gasteiger partial charge in [0.2, 0.25) is 0 Å². The summed E-state index contributed by atoms with van der Waals surface area (Å²) < 4.78 is 9.56. The molecule has 1 N–H and O–H groups in total. The van der Waals surface area contributed by atoms with Crippen molar-refractivity contribution in [3.8, 4) is 0 Å². The molecule has 0 radical (unpaired) electrons. The van der Waals surface area contributed by atoms with Crippen LogP contribution in [0.5, 0.6) is 0 Å². The molecule has 3 nitrogen and oxygen atoms in total. The quantitative estimate of drug-likeness (QED) is 0.519. The molecule has 0 saturated carbocycles. The van der Waals surface area contributed by atoms with E-state index >= 15 is 0 Å². The van der Waals surface area contributed by atoms with E-state index < -0.39 is 6.72 Å². The Bertz CT molecular complexity index is 130. The van der Waals surface area contributed by atoms with Gasteiger partial charge >= 0.3 is 6.72 Å². The SMILES string of the molecule is CCOP(O)(=S)OCCS. The Hall–Kier alpha value is 0.880. The number of hydrogen-bond acceptors (Lipinski definition) is 4. The van der Waals surface area contributed by atoms with Gasteiger partial charge in [-0.25, -0.2) is 0 Å². The Labute approximate surface area is 71.4 Å². The Morgan fingerprint density at radius 1 is 1.60 bits per heavy atom. The van der Waals surface area contributed by atoms with E-state index in [2.05, 4.69) is 24.4 Å². The van der Waals surface area contributed by atoms with Crippen LogP contribution in [0.3, 0.4) is 0 Å². The van der Waals surface area contributed by atoms with Crippen molar-refractivity contribution in [1.82, 2.24) is 0 Å². The largest absolute Gasteiger partial charge is 0.324 e. The second kappa shape index (κ2) is 5.52. The monoisotopic (exact) mass is 202 g/mol. The zero-order valence-electron chi connectivity index (χ0n) is 5.69. The molecule has 6 heteroatoms. The molecule has 0 heterocycles. The predicted molar refractivity (Wildman–Crippen MR) is 47.9 cm³/mol. The molecule has 0 aliphatic rings. The second-order valence-electron chi connectivity index (χ2n) is 1.44. The minimum absolute atomic E-state index is 0.330. The lowest BCUT2D eigenvalue weighted by atomic mass is 10.9. The van der Waals surface area contributed by atoms with Crippen molar-refractivity contribution in [3.63, 3.8) is 0 Å². The Kier molecular flexibility index (Phi) is 6.01. The zero-order valence-corrected chi connectivity index (χ0v) is 8.29. The first kappa shape index (κ1) is 10.9. The van der Waals surface area contributed by atoms with Gasteiger partial charge in [0.25, 0.3) is 0 Å². The molecule has 0 saturated heterocycles. The van der Waals surface area contributed by atoms with Crippen LogP contribution in [0.1, 0.15) is 6.92 Å². The fraction of sp³-hybridized carbons (Fsp3) is 1.00. The molecule has 0 spiro atoms. The Morgan fingerprint density at radius 3 is 2.60 bits per heavy atom. The van der Waals surface area contributed by atoms with Crippen molar-refractivity contribution >= 4 is 31.2 Å². The van der Waals surface area contributed by atoms with Crippen LogP contribution in [0.2, 0.25) is 0 Å². The Morgan fingerprint density at radius 2 is 2.20 bits per heavy atom. The molecule has 1 atom stereocenters.